The van der Waals surface area contributed by atoms with Crippen LogP contribution >= 0.6 is 0 Å². The van der Waals surface area contributed by atoms with Crippen LogP contribution in [0.4, 0.5) is 5.69 Å². The summed E-state index contributed by atoms with van der Waals surface area (Å²) in [6, 6.07) is 7.44. The third kappa shape index (κ3) is 1.96. The summed E-state index contributed by atoms with van der Waals surface area (Å²) < 4.78 is 0. The van der Waals surface area contributed by atoms with Crippen molar-refractivity contribution in [2.75, 3.05) is 18.9 Å². The molecule has 5 N–H and O–H groups in total. The molecule has 0 aliphatic heterocycles. The molecule has 3 heteroatoms. The highest BCUT2D eigenvalue weighted by Gasteiger charge is 2.07. The van der Waals surface area contributed by atoms with Gasteiger partial charge in [0.25, 0.3) is 0 Å². The number of hydrogen-bond acceptors (Lipinski definition) is 3. The fraction of sp³-hybridized carbons (Fsp3) is 0.333. The van der Waals surface area contributed by atoms with Crippen LogP contribution in [0.5, 0.6) is 0 Å². The van der Waals surface area contributed by atoms with Gasteiger partial charge in [0.2, 0.25) is 0 Å². The van der Waals surface area contributed by atoms with E-state index in [1.54, 1.807) is 0 Å². The first-order valence-corrected chi connectivity index (χ1v) is 3.94. The summed E-state index contributed by atoms with van der Waals surface area (Å²) in [6.45, 7) is 0.514. The molecule has 1 aromatic carbocycles. The molecule has 1 atom stereocenters. The van der Waals surface area contributed by atoms with Crippen molar-refractivity contribution in [3.05, 3.63) is 29.8 Å². The van der Waals surface area contributed by atoms with Crippen molar-refractivity contribution in [3.63, 3.8) is 0 Å². The van der Waals surface area contributed by atoms with Crippen molar-refractivity contribution < 1.29 is 5.11 Å². The Morgan fingerprint density at radius 2 is 2.17 bits per heavy atom. The second-order valence-electron chi connectivity index (χ2n) is 2.79. The molecule has 12 heavy (non-hydrogen) atoms. The summed E-state index contributed by atoms with van der Waals surface area (Å²) in [7, 11) is 0. The van der Waals surface area contributed by atoms with E-state index in [2.05, 4.69) is 0 Å². The van der Waals surface area contributed by atoms with E-state index in [1.165, 1.54) is 0 Å². The lowest BCUT2D eigenvalue weighted by Gasteiger charge is -2.11. The standard InChI is InChI=1S/C9H14N2O/c10-5-8(6-12)7-2-1-3-9(11)4-7/h1-4,8,12H,5-6,10-11H2. The molecular formula is C9H14N2O. The largest absolute Gasteiger partial charge is 0.399 e. The number of nitrogen functional groups attached to an aromatic ring is 1. The monoisotopic (exact) mass is 166 g/mol. The Morgan fingerprint density at radius 3 is 2.67 bits per heavy atom. The van der Waals surface area contributed by atoms with E-state index in [4.69, 9.17) is 16.6 Å². The van der Waals surface area contributed by atoms with Gasteiger partial charge < -0.3 is 16.6 Å². The zero-order chi connectivity index (χ0) is 8.97. The summed E-state index contributed by atoms with van der Waals surface area (Å²) in [4.78, 5) is 0. The van der Waals surface area contributed by atoms with Crippen LogP contribution in [0.1, 0.15) is 11.5 Å². The SMILES string of the molecule is NCC(CO)c1cccc(N)c1. The van der Waals surface area contributed by atoms with Crippen LogP contribution < -0.4 is 11.5 Å². The number of rotatable bonds is 3. The Hall–Kier alpha value is -1.06. The van der Waals surface area contributed by atoms with Crippen LogP contribution in [0.2, 0.25) is 0 Å². The first-order chi connectivity index (χ1) is 5.77. The Labute approximate surface area is 72.0 Å². The van der Waals surface area contributed by atoms with E-state index in [9.17, 15) is 0 Å². The lowest BCUT2D eigenvalue weighted by Crippen LogP contribution is -2.16. The van der Waals surface area contributed by atoms with E-state index in [1.807, 2.05) is 24.3 Å². The maximum absolute atomic E-state index is 8.95. The summed E-state index contributed by atoms with van der Waals surface area (Å²) in [5, 5.41) is 8.95. The lowest BCUT2D eigenvalue weighted by atomic mass is 10.00. The van der Waals surface area contributed by atoms with Crippen molar-refractivity contribution in [3.8, 4) is 0 Å². The highest BCUT2D eigenvalue weighted by Crippen LogP contribution is 2.16. The minimum Gasteiger partial charge on any atom is -0.399 e. The Morgan fingerprint density at radius 1 is 1.42 bits per heavy atom. The molecule has 1 aromatic rings. The van der Waals surface area contributed by atoms with Crippen LogP contribution in [0.15, 0.2) is 24.3 Å². The van der Waals surface area contributed by atoms with Crippen LogP contribution in [0.3, 0.4) is 0 Å². The van der Waals surface area contributed by atoms with Gasteiger partial charge in [0.05, 0.1) is 6.61 Å². The third-order valence-corrected chi connectivity index (χ3v) is 1.89. The van der Waals surface area contributed by atoms with Gasteiger partial charge in [0, 0.05) is 18.2 Å². The van der Waals surface area contributed by atoms with Crippen molar-refractivity contribution in [1.29, 1.82) is 0 Å². The highest BCUT2D eigenvalue weighted by molar-refractivity contribution is 5.41. The Bertz CT molecular complexity index is 246. The molecule has 0 aliphatic carbocycles. The molecule has 0 saturated carbocycles. The predicted molar refractivity (Wildman–Crippen MR) is 49.7 cm³/mol. The Kier molecular flexibility index (Phi) is 3.08. The van der Waals surface area contributed by atoms with Gasteiger partial charge in [0.1, 0.15) is 0 Å². The molecule has 1 unspecified atom stereocenters. The number of aliphatic hydroxyl groups is 1. The van der Waals surface area contributed by atoms with Gasteiger partial charge in [-0.05, 0) is 17.7 Å². The number of aliphatic hydroxyl groups excluding tert-OH is 1. The molecule has 0 aromatic heterocycles. The van der Waals surface area contributed by atoms with Crippen LogP contribution in [0.25, 0.3) is 0 Å². The number of benzene rings is 1. The van der Waals surface area contributed by atoms with E-state index in [0.29, 0.717) is 12.2 Å². The molecule has 0 spiro atoms. The van der Waals surface area contributed by atoms with Gasteiger partial charge in [-0.3, -0.25) is 0 Å². The molecule has 0 radical (unpaired) electrons. The van der Waals surface area contributed by atoms with Gasteiger partial charge in [-0.2, -0.15) is 0 Å². The average Bonchev–Trinajstić information content (AvgIpc) is 2.07. The minimum atomic E-state index is 0.00787. The average molecular weight is 166 g/mol. The maximum atomic E-state index is 8.95. The first-order valence-electron chi connectivity index (χ1n) is 3.94. The third-order valence-electron chi connectivity index (χ3n) is 1.89. The first kappa shape index (κ1) is 9.03. The molecule has 0 saturated heterocycles. The van der Waals surface area contributed by atoms with Gasteiger partial charge in [-0.25, -0.2) is 0 Å². The van der Waals surface area contributed by atoms with Crippen molar-refractivity contribution in [2.24, 2.45) is 5.73 Å². The summed E-state index contributed by atoms with van der Waals surface area (Å²) in [6.07, 6.45) is 0. The zero-order valence-corrected chi connectivity index (χ0v) is 6.90. The molecule has 3 nitrogen and oxygen atoms in total. The van der Waals surface area contributed by atoms with E-state index < -0.39 is 0 Å². The van der Waals surface area contributed by atoms with E-state index in [0.717, 1.165) is 5.56 Å². The molecule has 0 amide bonds. The Balaban J connectivity index is 2.85. The predicted octanol–water partition coefficient (Wildman–Crippen LogP) is 0.303. The quantitative estimate of drug-likeness (QED) is 0.566. The van der Waals surface area contributed by atoms with Gasteiger partial charge in [-0.1, -0.05) is 12.1 Å². The molecule has 1 rings (SSSR count). The van der Waals surface area contributed by atoms with Crippen LogP contribution in [0, 0.1) is 0 Å². The molecule has 66 valence electrons. The van der Waals surface area contributed by atoms with Crippen molar-refractivity contribution in [2.45, 2.75) is 5.92 Å². The van der Waals surface area contributed by atoms with E-state index >= 15 is 0 Å². The second-order valence-corrected chi connectivity index (χ2v) is 2.79. The smallest absolute Gasteiger partial charge is 0.0511 e. The van der Waals surface area contributed by atoms with Crippen LogP contribution in [-0.4, -0.2) is 18.3 Å². The maximum Gasteiger partial charge on any atom is 0.0511 e. The molecule has 0 bridgehead atoms. The fourth-order valence-corrected chi connectivity index (χ4v) is 1.13. The van der Waals surface area contributed by atoms with Gasteiger partial charge in [-0.15, -0.1) is 0 Å². The van der Waals surface area contributed by atoms with Crippen LogP contribution in [-0.2, 0) is 0 Å². The number of hydrogen-bond donors (Lipinski definition) is 3. The zero-order valence-electron chi connectivity index (χ0n) is 6.90. The lowest BCUT2D eigenvalue weighted by molar-refractivity contribution is 0.268. The summed E-state index contributed by atoms with van der Waals surface area (Å²) in [5.74, 6) is 0.00787. The summed E-state index contributed by atoms with van der Waals surface area (Å²) in [5.41, 5.74) is 12.8. The highest BCUT2D eigenvalue weighted by atomic mass is 16.3. The summed E-state index contributed by atoms with van der Waals surface area (Å²) >= 11 is 0. The van der Waals surface area contributed by atoms with Gasteiger partial charge >= 0.3 is 0 Å². The second kappa shape index (κ2) is 4.09. The fourth-order valence-electron chi connectivity index (χ4n) is 1.13. The topological polar surface area (TPSA) is 72.3 Å². The van der Waals surface area contributed by atoms with Crippen molar-refractivity contribution in [1.82, 2.24) is 0 Å². The normalized spacial score (nSPS) is 12.8. The van der Waals surface area contributed by atoms with Crippen molar-refractivity contribution >= 4 is 5.69 Å². The molecular weight excluding hydrogens is 152 g/mol. The van der Waals surface area contributed by atoms with E-state index in [-0.39, 0.29) is 12.5 Å². The number of nitrogens with two attached hydrogens (primary N) is 2. The molecule has 0 fully saturated rings. The van der Waals surface area contributed by atoms with Gasteiger partial charge in [0.15, 0.2) is 0 Å². The molecule has 0 aliphatic rings. The molecule has 0 heterocycles. The number of anilines is 1. The minimum absolute atomic E-state index is 0.00787.